The standard InChI is InChI=1S/C15H15FN2/c1-18(2)14-8-5-12(6-9-14)3-4-13-7-10-15(16)17-11-13/h3-11H,1-2H3/b4-3+. The number of anilines is 1. The molecule has 1 aromatic carbocycles. The van der Waals surface area contributed by atoms with Crippen molar-refractivity contribution < 1.29 is 4.39 Å². The average molecular weight is 242 g/mol. The van der Waals surface area contributed by atoms with Gasteiger partial charge in [0.25, 0.3) is 0 Å². The quantitative estimate of drug-likeness (QED) is 0.766. The third-order valence-corrected chi connectivity index (χ3v) is 2.63. The van der Waals surface area contributed by atoms with Crippen LogP contribution in [0.25, 0.3) is 12.2 Å². The summed E-state index contributed by atoms with van der Waals surface area (Å²) in [7, 11) is 4.02. The highest BCUT2D eigenvalue weighted by Gasteiger charge is 1.94. The van der Waals surface area contributed by atoms with Gasteiger partial charge in [-0.05, 0) is 35.4 Å². The molecule has 92 valence electrons. The van der Waals surface area contributed by atoms with E-state index in [2.05, 4.69) is 22.0 Å². The minimum absolute atomic E-state index is 0.456. The van der Waals surface area contributed by atoms with Crippen molar-refractivity contribution in [2.24, 2.45) is 0 Å². The Morgan fingerprint density at radius 3 is 2.11 bits per heavy atom. The predicted molar refractivity (Wildman–Crippen MR) is 73.9 cm³/mol. The normalized spacial score (nSPS) is 10.8. The number of halogens is 1. The molecule has 2 nitrogen and oxygen atoms in total. The molecule has 0 bridgehead atoms. The lowest BCUT2D eigenvalue weighted by atomic mass is 10.1. The maximum Gasteiger partial charge on any atom is 0.212 e. The number of hydrogen-bond acceptors (Lipinski definition) is 2. The summed E-state index contributed by atoms with van der Waals surface area (Å²) in [6, 6.07) is 11.3. The fraction of sp³-hybridized carbons (Fsp3) is 0.133. The monoisotopic (exact) mass is 242 g/mol. The minimum atomic E-state index is -0.456. The molecule has 2 rings (SSSR count). The zero-order valence-electron chi connectivity index (χ0n) is 10.5. The highest BCUT2D eigenvalue weighted by Crippen LogP contribution is 2.14. The van der Waals surface area contributed by atoms with Gasteiger partial charge in [-0.2, -0.15) is 4.39 Å². The summed E-state index contributed by atoms with van der Waals surface area (Å²) in [5, 5.41) is 0. The molecule has 0 aliphatic carbocycles. The molecule has 0 atom stereocenters. The number of pyridine rings is 1. The molecule has 0 fully saturated rings. The molecule has 0 N–H and O–H groups in total. The molecule has 0 unspecified atom stereocenters. The van der Waals surface area contributed by atoms with E-state index in [1.165, 1.54) is 12.3 Å². The number of hydrogen-bond donors (Lipinski definition) is 0. The van der Waals surface area contributed by atoms with Crippen molar-refractivity contribution in [3.63, 3.8) is 0 Å². The fourth-order valence-corrected chi connectivity index (χ4v) is 1.56. The number of nitrogens with zero attached hydrogens (tertiary/aromatic N) is 2. The van der Waals surface area contributed by atoms with Gasteiger partial charge in [-0.3, -0.25) is 0 Å². The predicted octanol–water partition coefficient (Wildman–Crippen LogP) is 3.46. The smallest absolute Gasteiger partial charge is 0.212 e. The van der Waals surface area contributed by atoms with Gasteiger partial charge >= 0.3 is 0 Å². The van der Waals surface area contributed by atoms with Crippen LogP contribution in [0.5, 0.6) is 0 Å². The third kappa shape index (κ3) is 3.17. The molecule has 0 radical (unpaired) electrons. The van der Waals surface area contributed by atoms with E-state index in [0.29, 0.717) is 0 Å². The lowest BCUT2D eigenvalue weighted by Gasteiger charge is -2.11. The highest BCUT2D eigenvalue weighted by molar-refractivity contribution is 5.70. The Hall–Kier alpha value is -2.16. The molecule has 3 heteroatoms. The van der Waals surface area contributed by atoms with Gasteiger partial charge in [-0.1, -0.05) is 24.3 Å². The highest BCUT2D eigenvalue weighted by atomic mass is 19.1. The van der Waals surface area contributed by atoms with E-state index >= 15 is 0 Å². The molecule has 0 amide bonds. The summed E-state index contributed by atoms with van der Waals surface area (Å²) < 4.78 is 12.6. The molecule has 18 heavy (non-hydrogen) atoms. The van der Waals surface area contributed by atoms with Gasteiger partial charge in [0.05, 0.1) is 0 Å². The van der Waals surface area contributed by atoms with Crippen LogP contribution in [-0.2, 0) is 0 Å². The second-order valence-electron chi connectivity index (χ2n) is 4.23. The molecular weight excluding hydrogens is 227 g/mol. The Morgan fingerprint density at radius 2 is 1.56 bits per heavy atom. The van der Waals surface area contributed by atoms with Gasteiger partial charge in [0, 0.05) is 26.0 Å². The summed E-state index contributed by atoms with van der Waals surface area (Å²) >= 11 is 0. The minimum Gasteiger partial charge on any atom is -0.378 e. The molecule has 0 spiro atoms. The van der Waals surface area contributed by atoms with Crippen LogP contribution in [0.3, 0.4) is 0 Å². The molecular formula is C15H15FN2. The van der Waals surface area contributed by atoms with Gasteiger partial charge in [-0.15, -0.1) is 0 Å². The molecule has 0 saturated carbocycles. The van der Waals surface area contributed by atoms with Gasteiger partial charge in [0.2, 0.25) is 5.95 Å². The summed E-state index contributed by atoms with van der Waals surface area (Å²) in [6.45, 7) is 0. The van der Waals surface area contributed by atoms with Crippen LogP contribution in [0.4, 0.5) is 10.1 Å². The summed E-state index contributed by atoms with van der Waals surface area (Å²) in [5.41, 5.74) is 3.15. The summed E-state index contributed by atoms with van der Waals surface area (Å²) in [4.78, 5) is 5.66. The zero-order valence-corrected chi connectivity index (χ0v) is 10.5. The molecule has 1 heterocycles. The Kier molecular flexibility index (Phi) is 3.72. The maximum absolute atomic E-state index is 12.6. The van der Waals surface area contributed by atoms with Crippen molar-refractivity contribution in [3.05, 3.63) is 59.7 Å². The van der Waals surface area contributed by atoms with Gasteiger partial charge in [0.15, 0.2) is 0 Å². The number of benzene rings is 1. The molecule has 0 aliphatic rings. The topological polar surface area (TPSA) is 16.1 Å². The van der Waals surface area contributed by atoms with Crippen LogP contribution in [0.1, 0.15) is 11.1 Å². The fourth-order valence-electron chi connectivity index (χ4n) is 1.56. The van der Waals surface area contributed by atoms with Gasteiger partial charge < -0.3 is 4.90 Å². The third-order valence-electron chi connectivity index (χ3n) is 2.63. The lowest BCUT2D eigenvalue weighted by Crippen LogP contribution is -2.07. The van der Waals surface area contributed by atoms with E-state index in [9.17, 15) is 4.39 Å². The second kappa shape index (κ2) is 5.45. The van der Waals surface area contributed by atoms with E-state index in [4.69, 9.17) is 0 Å². The average Bonchev–Trinajstić information content (AvgIpc) is 2.38. The van der Waals surface area contributed by atoms with Crippen molar-refractivity contribution in [1.82, 2.24) is 4.98 Å². The first kappa shape index (κ1) is 12.3. The van der Waals surface area contributed by atoms with Crippen LogP contribution >= 0.6 is 0 Å². The van der Waals surface area contributed by atoms with Crippen LogP contribution in [0.2, 0.25) is 0 Å². The SMILES string of the molecule is CN(C)c1ccc(/C=C/c2ccc(F)nc2)cc1. The van der Waals surface area contributed by atoms with E-state index in [1.54, 1.807) is 6.07 Å². The summed E-state index contributed by atoms with van der Waals surface area (Å²) in [5.74, 6) is -0.456. The van der Waals surface area contributed by atoms with E-state index in [0.717, 1.165) is 16.8 Å². The van der Waals surface area contributed by atoms with E-state index < -0.39 is 5.95 Å². The van der Waals surface area contributed by atoms with Crippen molar-refractivity contribution in [2.75, 3.05) is 19.0 Å². The largest absolute Gasteiger partial charge is 0.378 e. The van der Waals surface area contributed by atoms with Crippen LogP contribution < -0.4 is 4.90 Å². The first-order valence-corrected chi connectivity index (χ1v) is 5.72. The van der Waals surface area contributed by atoms with Crippen LogP contribution in [-0.4, -0.2) is 19.1 Å². The summed E-state index contributed by atoms with van der Waals surface area (Å²) in [6.07, 6.45) is 5.41. The Balaban J connectivity index is 2.11. The lowest BCUT2D eigenvalue weighted by molar-refractivity contribution is 0.583. The van der Waals surface area contributed by atoms with Crippen molar-refractivity contribution in [1.29, 1.82) is 0 Å². The van der Waals surface area contributed by atoms with Crippen molar-refractivity contribution >= 4 is 17.8 Å². The van der Waals surface area contributed by atoms with Gasteiger partial charge in [0.1, 0.15) is 0 Å². The molecule has 0 saturated heterocycles. The number of aromatic nitrogens is 1. The zero-order chi connectivity index (χ0) is 13.0. The van der Waals surface area contributed by atoms with Crippen LogP contribution in [0.15, 0.2) is 42.6 Å². The molecule has 1 aromatic heterocycles. The van der Waals surface area contributed by atoms with Gasteiger partial charge in [-0.25, -0.2) is 4.98 Å². The Labute approximate surface area is 106 Å². The van der Waals surface area contributed by atoms with Crippen molar-refractivity contribution in [3.8, 4) is 0 Å². The van der Waals surface area contributed by atoms with E-state index in [1.807, 2.05) is 38.4 Å². The Bertz CT molecular complexity index is 527. The van der Waals surface area contributed by atoms with Crippen LogP contribution in [0, 0.1) is 5.95 Å². The van der Waals surface area contributed by atoms with Crippen molar-refractivity contribution in [2.45, 2.75) is 0 Å². The second-order valence-corrected chi connectivity index (χ2v) is 4.23. The maximum atomic E-state index is 12.6. The number of rotatable bonds is 3. The molecule has 0 aliphatic heterocycles. The first-order valence-electron chi connectivity index (χ1n) is 5.72. The molecule has 2 aromatic rings. The first-order chi connectivity index (χ1) is 8.65. The van der Waals surface area contributed by atoms with E-state index in [-0.39, 0.29) is 0 Å². The Morgan fingerprint density at radius 1 is 0.944 bits per heavy atom.